The summed E-state index contributed by atoms with van der Waals surface area (Å²) in [5.74, 6) is 1.95. The van der Waals surface area contributed by atoms with Crippen molar-refractivity contribution in [2.24, 2.45) is 11.8 Å². The summed E-state index contributed by atoms with van der Waals surface area (Å²) in [6.07, 6.45) is -3.04. The summed E-state index contributed by atoms with van der Waals surface area (Å²) >= 11 is 0. The van der Waals surface area contributed by atoms with Crippen molar-refractivity contribution in [2.45, 2.75) is 12.7 Å². The number of aromatic nitrogens is 4. The highest BCUT2D eigenvalue weighted by Gasteiger charge is 2.45. The Morgan fingerprint density at radius 1 is 1.17 bits per heavy atom. The normalized spacial score (nSPS) is 25.3. The van der Waals surface area contributed by atoms with Gasteiger partial charge in [-0.05, 0) is 37.1 Å². The summed E-state index contributed by atoms with van der Waals surface area (Å²) in [7, 11) is 0. The predicted octanol–water partition coefficient (Wildman–Crippen LogP) is 0.875. The van der Waals surface area contributed by atoms with Crippen LogP contribution in [0.15, 0.2) is 12.1 Å². The summed E-state index contributed by atoms with van der Waals surface area (Å²) in [6, 6.07) is 3.04. The van der Waals surface area contributed by atoms with Gasteiger partial charge in [0.2, 0.25) is 5.95 Å². The Bertz CT molecular complexity index is 1120. The van der Waals surface area contributed by atoms with E-state index in [-0.39, 0.29) is 23.0 Å². The molecule has 3 aliphatic heterocycles. The Morgan fingerprint density at radius 2 is 1.97 bits per heavy atom. The van der Waals surface area contributed by atoms with Crippen molar-refractivity contribution in [1.82, 2.24) is 29.8 Å². The molecule has 0 amide bonds. The molecule has 29 heavy (non-hydrogen) atoms. The van der Waals surface area contributed by atoms with Crippen LogP contribution in [0.2, 0.25) is 0 Å². The zero-order valence-corrected chi connectivity index (χ0v) is 15.4. The number of alkyl halides is 2. The number of ether oxygens (including phenoxy) is 2. The number of anilines is 1. The molecule has 2 fully saturated rings. The molecule has 0 radical (unpaired) electrons. The van der Waals surface area contributed by atoms with Gasteiger partial charge in [-0.25, -0.2) is 9.97 Å². The zero-order valence-electron chi connectivity index (χ0n) is 15.4. The first-order valence-electron chi connectivity index (χ1n) is 9.63. The van der Waals surface area contributed by atoms with Crippen LogP contribution < -0.4 is 20.5 Å². The van der Waals surface area contributed by atoms with Crippen molar-refractivity contribution < 1.29 is 18.3 Å². The molecule has 3 aliphatic rings. The van der Waals surface area contributed by atoms with Crippen LogP contribution in [-0.4, -0.2) is 63.5 Å². The molecule has 3 aromatic rings. The van der Waals surface area contributed by atoms with Crippen LogP contribution in [0.5, 0.6) is 11.5 Å². The standard InChI is InChI=1S/C18H19F2N7O2/c19-18(20)28-12-2-1-11-14(15(12)29-18)24-17(21)27-16(11)23-13(25-27)3-4-26-7-9-5-22-6-10(9)8-26/h1-2,9-10,22H,3-8H2,(H2,21,24). The number of likely N-dealkylation sites (tertiary alicyclic amines) is 1. The van der Waals surface area contributed by atoms with Gasteiger partial charge in [0.1, 0.15) is 5.52 Å². The number of nitrogens with two attached hydrogens (primary N) is 1. The number of fused-ring (bicyclic) bond motifs is 6. The minimum Gasteiger partial charge on any atom is -0.395 e. The number of halogens is 2. The lowest BCUT2D eigenvalue weighted by molar-refractivity contribution is -0.286. The van der Waals surface area contributed by atoms with E-state index in [0.717, 1.165) is 44.6 Å². The first-order chi connectivity index (χ1) is 14.0. The topological polar surface area (TPSA) is 103 Å². The highest BCUT2D eigenvalue weighted by molar-refractivity contribution is 5.97. The van der Waals surface area contributed by atoms with Gasteiger partial charge in [-0.15, -0.1) is 13.9 Å². The first kappa shape index (κ1) is 17.1. The summed E-state index contributed by atoms with van der Waals surface area (Å²) in [4.78, 5) is 11.3. The molecule has 0 spiro atoms. The highest BCUT2D eigenvalue weighted by atomic mass is 19.3. The van der Waals surface area contributed by atoms with Crippen LogP contribution >= 0.6 is 0 Å². The van der Waals surface area contributed by atoms with E-state index >= 15 is 0 Å². The Kier molecular flexibility index (Phi) is 3.46. The Labute approximate surface area is 163 Å². The monoisotopic (exact) mass is 403 g/mol. The minimum absolute atomic E-state index is 0.0558. The molecule has 5 heterocycles. The number of nitrogens with zero attached hydrogens (tertiary/aromatic N) is 5. The summed E-state index contributed by atoms with van der Waals surface area (Å²) in [5.41, 5.74) is 6.67. The van der Waals surface area contributed by atoms with Gasteiger partial charge in [0.15, 0.2) is 23.0 Å². The molecule has 11 heteroatoms. The van der Waals surface area contributed by atoms with Crippen molar-refractivity contribution in [1.29, 1.82) is 0 Å². The van der Waals surface area contributed by atoms with Crippen LogP contribution in [-0.2, 0) is 6.42 Å². The average molecular weight is 403 g/mol. The smallest absolute Gasteiger partial charge is 0.395 e. The van der Waals surface area contributed by atoms with Gasteiger partial charge in [-0.3, -0.25) is 0 Å². The first-order valence-corrected chi connectivity index (χ1v) is 9.63. The summed E-state index contributed by atoms with van der Waals surface area (Å²) < 4.78 is 37.5. The van der Waals surface area contributed by atoms with E-state index < -0.39 is 6.29 Å². The SMILES string of the molecule is Nc1nc2c3c(ccc2c2nc(CCN4CC5CNCC5C4)nn12)OC(F)(F)O3. The molecule has 2 saturated heterocycles. The third-order valence-corrected chi connectivity index (χ3v) is 6.00. The van der Waals surface area contributed by atoms with Crippen molar-refractivity contribution in [3.05, 3.63) is 18.0 Å². The van der Waals surface area contributed by atoms with E-state index in [1.54, 1.807) is 6.07 Å². The fourth-order valence-corrected chi connectivity index (χ4v) is 4.64. The maximum Gasteiger partial charge on any atom is 0.586 e. The van der Waals surface area contributed by atoms with E-state index in [1.807, 2.05) is 0 Å². The maximum absolute atomic E-state index is 13.5. The third kappa shape index (κ3) is 2.68. The summed E-state index contributed by atoms with van der Waals surface area (Å²) in [6.45, 7) is 5.24. The number of nitrogens with one attached hydrogen (secondary N) is 1. The molecule has 3 N–H and O–H groups in total. The third-order valence-electron chi connectivity index (χ3n) is 6.00. The number of benzene rings is 1. The molecule has 0 bridgehead atoms. The molecule has 9 nitrogen and oxygen atoms in total. The quantitative estimate of drug-likeness (QED) is 0.664. The fraction of sp³-hybridized carbons (Fsp3) is 0.500. The Balaban J connectivity index is 1.31. The Morgan fingerprint density at radius 3 is 2.76 bits per heavy atom. The molecule has 2 aromatic heterocycles. The second-order valence-corrected chi connectivity index (χ2v) is 7.88. The van der Waals surface area contributed by atoms with Crippen molar-refractivity contribution in [3.8, 4) is 11.5 Å². The van der Waals surface area contributed by atoms with Crippen LogP contribution in [0.4, 0.5) is 14.7 Å². The fourth-order valence-electron chi connectivity index (χ4n) is 4.64. The van der Waals surface area contributed by atoms with Gasteiger partial charge < -0.3 is 25.4 Å². The van der Waals surface area contributed by atoms with Crippen molar-refractivity contribution >= 4 is 22.5 Å². The lowest BCUT2D eigenvalue weighted by atomic mass is 10.0. The molecule has 0 saturated carbocycles. The van der Waals surface area contributed by atoms with E-state index in [4.69, 9.17) is 5.73 Å². The van der Waals surface area contributed by atoms with E-state index in [2.05, 4.69) is 34.8 Å². The van der Waals surface area contributed by atoms with Crippen molar-refractivity contribution in [3.63, 3.8) is 0 Å². The predicted molar refractivity (Wildman–Crippen MR) is 98.9 cm³/mol. The lowest BCUT2D eigenvalue weighted by Crippen LogP contribution is -2.27. The van der Waals surface area contributed by atoms with Crippen molar-refractivity contribution in [2.75, 3.05) is 38.5 Å². The van der Waals surface area contributed by atoms with E-state index in [1.165, 1.54) is 10.6 Å². The average Bonchev–Trinajstić information content (AvgIpc) is 3.40. The van der Waals surface area contributed by atoms with Gasteiger partial charge in [0, 0.05) is 31.4 Å². The zero-order chi connectivity index (χ0) is 19.8. The number of hydrogen-bond acceptors (Lipinski definition) is 8. The maximum atomic E-state index is 13.5. The molecule has 2 atom stereocenters. The van der Waals surface area contributed by atoms with E-state index in [9.17, 15) is 8.78 Å². The van der Waals surface area contributed by atoms with Gasteiger partial charge in [0.25, 0.3) is 0 Å². The van der Waals surface area contributed by atoms with E-state index in [0.29, 0.717) is 23.3 Å². The van der Waals surface area contributed by atoms with Gasteiger partial charge in [0.05, 0.1) is 0 Å². The number of rotatable bonds is 3. The van der Waals surface area contributed by atoms with Crippen LogP contribution in [0.1, 0.15) is 5.82 Å². The number of nitrogen functional groups attached to an aromatic ring is 1. The van der Waals surface area contributed by atoms with Crippen LogP contribution in [0, 0.1) is 11.8 Å². The Hall–Kier alpha value is -2.79. The molecular formula is C18H19F2N7O2. The highest BCUT2D eigenvalue weighted by Crippen LogP contribution is 2.45. The molecule has 2 unspecified atom stereocenters. The summed E-state index contributed by atoms with van der Waals surface area (Å²) in [5, 5.41) is 8.44. The second-order valence-electron chi connectivity index (χ2n) is 7.88. The lowest BCUT2D eigenvalue weighted by Gasteiger charge is -2.15. The molecular weight excluding hydrogens is 384 g/mol. The number of hydrogen-bond donors (Lipinski definition) is 2. The molecule has 152 valence electrons. The minimum atomic E-state index is -3.72. The molecule has 1 aromatic carbocycles. The largest absolute Gasteiger partial charge is 0.586 e. The van der Waals surface area contributed by atoms with Crippen LogP contribution in [0.25, 0.3) is 16.6 Å². The second kappa shape index (κ2) is 5.86. The molecule has 0 aliphatic carbocycles. The van der Waals surface area contributed by atoms with Crippen LogP contribution in [0.3, 0.4) is 0 Å². The van der Waals surface area contributed by atoms with Gasteiger partial charge in [-0.2, -0.15) is 4.52 Å². The van der Waals surface area contributed by atoms with Gasteiger partial charge in [-0.1, -0.05) is 0 Å². The van der Waals surface area contributed by atoms with Gasteiger partial charge >= 0.3 is 6.29 Å². The molecule has 6 rings (SSSR count).